The molecule has 1 aliphatic rings. The maximum absolute atomic E-state index is 12.0. The van der Waals surface area contributed by atoms with Gasteiger partial charge >= 0.3 is 0 Å². The van der Waals surface area contributed by atoms with E-state index in [0.29, 0.717) is 19.5 Å². The number of halogens is 1. The highest BCUT2D eigenvalue weighted by atomic mass is 79.9. The van der Waals surface area contributed by atoms with Crippen LogP contribution >= 0.6 is 27.3 Å². The van der Waals surface area contributed by atoms with E-state index in [1.807, 2.05) is 12.1 Å². The van der Waals surface area contributed by atoms with Crippen LogP contribution in [0.3, 0.4) is 0 Å². The highest BCUT2D eigenvalue weighted by Gasteiger charge is 2.30. The molecule has 0 bridgehead atoms. The summed E-state index contributed by atoms with van der Waals surface area (Å²) < 4.78 is 1.07. The Hall–Kier alpha value is -0.430. The highest BCUT2D eigenvalue weighted by Crippen LogP contribution is 2.23. The van der Waals surface area contributed by atoms with Crippen LogP contribution in [0.25, 0.3) is 0 Å². The summed E-state index contributed by atoms with van der Waals surface area (Å²) >= 11 is 5.03. The number of hydrogen-bond acceptors (Lipinski definition) is 4. The molecular weight excluding hydrogens is 304 g/mol. The molecule has 2 rings (SSSR count). The summed E-state index contributed by atoms with van der Waals surface area (Å²) in [6, 6.07) is 3.75. The van der Waals surface area contributed by atoms with Gasteiger partial charge in [-0.3, -0.25) is 4.79 Å². The van der Waals surface area contributed by atoms with Crippen molar-refractivity contribution in [2.75, 3.05) is 13.6 Å². The molecule has 6 heteroatoms. The molecule has 4 nitrogen and oxygen atoms in total. The summed E-state index contributed by atoms with van der Waals surface area (Å²) in [5.74, 6) is 0.0473. The summed E-state index contributed by atoms with van der Waals surface area (Å²) in [4.78, 5) is 14.9. The Morgan fingerprint density at radius 2 is 2.47 bits per heavy atom. The number of amides is 1. The van der Waals surface area contributed by atoms with Gasteiger partial charge in [0.1, 0.15) is 0 Å². The maximum Gasteiger partial charge on any atom is 0.239 e. The molecule has 0 aromatic carbocycles. The third kappa shape index (κ3) is 3.28. The van der Waals surface area contributed by atoms with E-state index in [9.17, 15) is 9.90 Å². The second-order valence-electron chi connectivity index (χ2n) is 4.25. The number of aliphatic hydroxyl groups excluding tert-OH is 1. The average molecular weight is 319 g/mol. The van der Waals surface area contributed by atoms with Crippen LogP contribution in [0, 0.1) is 0 Å². The molecular formula is C11H15BrN2O2S. The van der Waals surface area contributed by atoms with Gasteiger partial charge in [-0.25, -0.2) is 0 Å². The number of nitrogens with one attached hydrogen (secondary N) is 1. The first kappa shape index (κ1) is 13.0. The van der Waals surface area contributed by atoms with E-state index in [2.05, 4.69) is 21.2 Å². The minimum Gasteiger partial charge on any atom is -0.392 e. The van der Waals surface area contributed by atoms with Gasteiger partial charge in [0.25, 0.3) is 0 Å². The number of likely N-dealkylation sites (N-methyl/N-ethyl adjacent to an activating group) is 1. The lowest BCUT2D eigenvalue weighted by atomic mass is 10.2. The Bertz CT molecular complexity index is 410. The molecule has 2 heterocycles. The van der Waals surface area contributed by atoms with Crippen molar-refractivity contribution in [1.29, 1.82) is 0 Å². The normalized spacial score (nSPS) is 23.9. The van der Waals surface area contributed by atoms with Crippen LogP contribution in [0.5, 0.6) is 0 Å². The number of thiophene rings is 1. The van der Waals surface area contributed by atoms with Gasteiger partial charge in [0, 0.05) is 18.5 Å². The first-order valence-electron chi connectivity index (χ1n) is 5.47. The standard InChI is InChI=1S/C11H15BrN2O2S/c1-14(6-8-2-3-10(12)17-8)11(16)9-4-7(15)5-13-9/h2-3,7,9,13,15H,4-6H2,1H3/t7-,9+/m1/s1. The molecule has 17 heavy (non-hydrogen) atoms. The predicted octanol–water partition coefficient (Wildman–Crippen LogP) is 1.19. The lowest BCUT2D eigenvalue weighted by molar-refractivity contribution is -0.132. The summed E-state index contributed by atoms with van der Waals surface area (Å²) in [7, 11) is 1.79. The summed E-state index contributed by atoms with van der Waals surface area (Å²) in [6.45, 7) is 1.12. The second kappa shape index (κ2) is 5.48. The molecule has 0 saturated carbocycles. The van der Waals surface area contributed by atoms with Gasteiger partial charge in [0.05, 0.1) is 22.5 Å². The SMILES string of the molecule is CN(Cc1ccc(Br)s1)C(=O)[C@@H]1C[C@@H](O)CN1. The van der Waals surface area contributed by atoms with Gasteiger partial charge in [-0.2, -0.15) is 0 Å². The van der Waals surface area contributed by atoms with Crippen molar-refractivity contribution < 1.29 is 9.90 Å². The molecule has 1 saturated heterocycles. The Morgan fingerprint density at radius 1 is 1.71 bits per heavy atom. The summed E-state index contributed by atoms with van der Waals surface area (Å²) in [5, 5.41) is 12.4. The molecule has 1 aromatic heterocycles. The predicted molar refractivity (Wildman–Crippen MR) is 70.9 cm³/mol. The first-order valence-corrected chi connectivity index (χ1v) is 7.08. The van der Waals surface area contributed by atoms with Crippen molar-refractivity contribution in [2.45, 2.75) is 25.1 Å². The molecule has 0 unspecified atom stereocenters. The molecule has 2 atom stereocenters. The summed E-state index contributed by atoms with van der Waals surface area (Å²) in [6.07, 6.45) is 0.116. The third-order valence-corrected chi connectivity index (χ3v) is 4.41. The van der Waals surface area contributed by atoms with Crippen LogP contribution < -0.4 is 5.32 Å². The average Bonchev–Trinajstić information content (AvgIpc) is 2.87. The second-order valence-corrected chi connectivity index (χ2v) is 6.80. The monoisotopic (exact) mass is 318 g/mol. The zero-order chi connectivity index (χ0) is 12.4. The molecule has 1 fully saturated rings. The molecule has 2 N–H and O–H groups in total. The van der Waals surface area contributed by atoms with Crippen molar-refractivity contribution in [1.82, 2.24) is 10.2 Å². The van der Waals surface area contributed by atoms with Crippen LogP contribution in [-0.2, 0) is 11.3 Å². The van der Waals surface area contributed by atoms with E-state index in [4.69, 9.17) is 0 Å². The minimum absolute atomic E-state index is 0.0473. The van der Waals surface area contributed by atoms with E-state index in [1.54, 1.807) is 23.3 Å². The zero-order valence-electron chi connectivity index (χ0n) is 9.52. The molecule has 1 aromatic rings. The van der Waals surface area contributed by atoms with Gasteiger partial charge in [0.15, 0.2) is 0 Å². The number of nitrogens with zero attached hydrogens (tertiary/aromatic N) is 1. The Labute approximate surface area is 113 Å². The Morgan fingerprint density at radius 3 is 3.00 bits per heavy atom. The largest absolute Gasteiger partial charge is 0.392 e. The number of carbonyl (C=O) groups is 1. The summed E-state index contributed by atoms with van der Waals surface area (Å²) in [5.41, 5.74) is 0. The lowest BCUT2D eigenvalue weighted by Gasteiger charge is -2.20. The Kier molecular flexibility index (Phi) is 4.19. The van der Waals surface area contributed by atoms with Crippen molar-refractivity contribution in [3.05, 3.63) is 20.8 Å². The fourth-order valence-corrected chi connectivity index (χ4v) is 3.46. The number of hydrogen-bond donors (Lipinski definition) is 2. The molecule has 0 aliphatic carbocycles. The lowest BCUT2D eigenvalue weighted by Crippen LogP contribution is -2.41. The minimum atomic E-state index is -0.395. The van der Waals surface area contributed by atoms with Gasteiger partial charge in [-0.05, 0) is 34.5 Å². The van der Waals surface area contributed by atoms with Crippen LogP contribution in [0.1, 0.15) is 11.3 Å². The highest BCUT2D eigenvalue weighted by molar-refractivity contribution is 9.11. The maximum atomic E-state index is 12.0. The third-order valence-electron chi connectivity index (χ3n) is 2.80. The Balaban J connectivity index is 1.91. The van der Waals surface area contributed by atoms with Gasteiger partial charge in [-0.15, -0.1) is 11.3 Å². The zero-order valence-corrected chi connectivity index (χ0v) is 11.9. The van der Waals surface area contributed by atoms with Crippen molar-refractivity contribution in [2.24, 2.45) is 0 Å². The van der Waals surface area contributed by atoms with E-state index in [0.717, 1.165) is 8.66 Å². The quantitative estimate of drug-likeness (QED) is 0.880. The van der Waals surface area contributed by atoms with E-state index < -0.39 is 6.10 Å². The molecule has 1 aliphatic heterocycles. The van der Waals surface area contributed by atoms with Crippen molar-refractivity contribution in [3.63, 3.8) is 0 Å². The van der Waals surface area contributed by atoms with Crippen molar-refractivity contribution >= 4 is 33.2 Å². The topological polar surface area (TPSA) is 52.6 Å². The fraction of sp³-hybridized carbons (Fsp3) is 0.545. The van der Waals surface area contributed by atoms with Crippen LogP contribution in [0.4, 0.5) is 0 Å². The molecule has 0 radical (unpaired) electrons. The van der Waals surface area contributed by atoms with Gasteiger partial charge in [0.2, 0.25) is 5.91 Å². The van der Waals surface area contributed by atoms with Crippen LogP contribution in [0.2, 0.25) is 0 Å². The number of carbonyl (C=O) groups excluding carboxylic acids is 1. The fourth-order valence-electron chi connectivity index (χ4n) is 1.92. The number of rotatable bonds is 3. The van der Waals surface area contributed by atoms with E-state index in [1.165, 1.54) is 0 Å². The number of β-amino-alcohol motifs (C(OH)–C–C–N with tert-alkyl or cyclic N) is 1. The van der Waals surface area contributed by atoms with Gasteiger partial charge < -0.3 is 15.3 Å². The molecule has 1 amide bonds. The van der Waals surface area contributed by atoms with Crippen molar-refractivity contribution in [3.8, 4) is 0 Å². The van der Waals surface area contributed by atoms with E-state index in [-0.39, 0.29) is 11.9 Å². The molecule has 94 valence electrons. The number of aliphatic hydroxyl groups is 1. The first-order chi connectivity index (χ1) is 8.06. The molecule has 0 spiro atoms. The van der Waals surface area contributed by atoms with Gasteiger partial charge in [-0.1, -0.05) is 0 Å². The van der Waals surface area contributed by atoms with E-state index >= 15 is 0 Å². The smallest absolute Gasteiger partial charge is 0.239 e. The van der Waals surface area contributed by atoms with Crippen LogP contribution in [0.15, 0.2) is 15.9 Å². The van der Waals surface area contributed by atoms with Crippen LogP contribution in [-0.4, -0.2) is 41.7 Å².